The second-order valence-corrected chi connectivity index (χ2v) is 6.06. The molecular weight excluding hydrogens is 272 g/mol. The van der Waals surface area contributed by atoms with Gasteiger partial charge in [-0.2, -0.15) is 0 Å². The predicted octanol–water partition coefficient (Wildman–Crippen LogP) is -1.25. The van der Waals surface area contributed by atoms with Gasteiger partial charge in [0.25, 0.3) is 0 Å². The van der Waals surface area contributed by atoms with Crippen LogP contribution in [0.15, 0.2) is 12.7 Å². The normalized spacial score (nSPS) is 20.4. The minimum Gasteiger partial charge on any atom is -0.340 e. The van der Waals surface area contributed by atoms with Crippen molar-refractivity contribution in [2.24, 2.45) is 5.14 Å². The summed E-state index contributed by atoms with van der Waals surface area (Å²) in [7, 11) is -3.75. The molecule has 2 aromatic rings. The van der Waals surface area contributed by atoms with Gasteiger partial charge in [0.1, 0.15) is 17.1 Å². The van der Waals surface area contributed by atoms with Crippen molar-refractivity contribution in [1.82, 2.24) is 19.9 Å². The molecule has 0 aliphatic carbocycles. The Morgan fingerprint density at radius 1 is 1.37 bits per heavy atom. The van der Waals surface area contributed by atoms with Crippen molar-refractivity contribution in [2.75, 3.05) is 11.4 Å². The maximum atomic E-state index is 11.9. The summed E-state index contributed by atoms with van der Waals surface area (Å²) >= 11 is 0. The van der Waals surface area contributed by atoms with Crippen LogP contribution in [0.2, 0.25) is 0 Å². The molecule has 1 saturated heterocycles. The van der Waals surface area contributed by atoms with E-state index in [1.165, 1.54) is 17.6 Å². The summed E-state index contributed by atoms with van der Waals surface area (Å²) in [5, 5.41) is 4.17. The van der Waals surface area contributed by atoms with Crippen molar-refractivity contribution in [3.63, 3.8) is 0 Å². The lowest BCUT2D eigenvalue weighted by molar-refractivity contribution is -0.117. The van der Waals surface area contributed by atoms with Gasteiger partial charge in [-0.15, -0.1) is 0 Å². The average molecular weight is 282 g/mol. The van der Waals surface area contributed by atoms with Crippen LogP contribution in [-0.2, 0) is 14.8 Å². The van der Waals surface area contributed by atoms with Crippen LogP contribution in [0.1, 0.15) is 6.42 Å². The van der Waals surface area contributed by atoms with E-state index < -0.39 is 15.3 Å². The molecule has 0 spiro atoms. The van der Waals surface area contributed by atoms with Crippen LogP contribution < -0.4 is 10.0 Å². The SMILES string of the molecule is NS(=O)(=O)C1CC(=O)N(c2ncnc3nc[nH]c23)C1. The average Bonchev–Trinajstić information content (AvgIpc) is 2.93. The van der Waals surface area contributed by atoms with Gasteiger partial charge in [0.2, 0.25) is 15.9 Å². The number of aromatic nitrogens is 4. The van der Waals surface area contributed by atoms with Crippen molar-refractivity contribution < 1.29 is 13.2 Å². The third-order valence-electron chi connectivity index (χ3n) is 3.01. The van der Waals surface area contributed by atoms with Gasteiger partial charge in [-0.1, -0.05) is 0 Å². The first-order chi connectivity index (χ1) is 8.97. The van der Waals surface area contributed by atoms with Crippen LogP contribution in [0.4, 0.5) is 5.82 Å². The molecule has 1 aliphatic rings. The van der Waals surface area contributed by atoms with Gasteiger partial charge in [-0.05, 0) is 0 Å². The van der Waals surface area contributed by atoms with Gasteiger partial charge in [0, 0.05) is 13.0 Å². The van der Waals surface area contributed by atoms with Crippen LogP contribution in [0, 0.1) is 0 Å². The number of carbonyl (C=O) groups excluding carboxylic acids is 1. The van der Waals surface area contributed by atoms with Crippen molar-refractivity contribution in [3.05, 3.63) is 12.7 Å². The van der Waals surface area contributed by atoms with Crippen LogP contribution in [0.25, 0.3) is 11.2 Å². The fourth-order valence-electron chi connectivity index (χ4n) is 2.06. The molecule has 0 radical (unpaired) electrons. The maximum absolute atomic E-state index is 11.9. The van der Waals surface area contributed by atoms with Crippen LogP contribution in [-0.4, -0.2) is 46.1 Å². The van der Waals surface area contributed by atoms with Crippen LogP contribution in [0.3, 0.4) is 0 Å². The van der Waals surface area contributed by atoms with Crippen molar-refractivity contribution >= 4 is 32.9 Å². The minimum absolute atomic E-state index is 0.0111. The van der Waals surface area contributed by atoms with Gasteiger partial charge in [0.05, 0.1) is 6.33 Å². The zero-order chi connectivity index (χ0) is 13.6. The topological polar surface area (TPSA) is 135 Å². The quantitative estimate of drug-likeness (QED) is 0.706. The number of carbonyl (C=O) groups is 1. The molecule has 1 unspecified atom stereocenters. The fourth-order valence-corrected chi connectivity index (χ4v) is 2.79. The number of fused-ring (bicyclic) bond motifs is 1. The molecule has 1 amide bonds. The number of hydrogen-bond donors (Lipinski definition) is 2. The first kappa shape index (κ1) is 12.0. The Morgan fingerprint density at radius 3 is 2.84 bits per heavy atom. The number of amides is 1. The van der Waals surface area contributed by atoms with Crippen molar-refractivity contribution in [3.8, 4) is 0 Å². The minimum atomic E-state index is -3.75. The summed E-state index contributed by atoms with van der Waals surface area (Å²) in [6, 6.07) is 0. The highest BCUT2D eigenvalue weighted by molar-refractivity contribution is 7.89. The Hall–Kier alpha value is -2.07. The molecule has 1 aliphatic heterocycles. The molecule has 19 heavy (non-hydrogen) atoms. The maximum Gasteiger partial charge on any atom is 0.229 e. The molecule has 3 N–H and O–H groups in total. The van der Waals surface area contributed by atoms with Gasteiger partial charge in [-0.25, -0.2) is 28.5 Å². The molecule has 100 valence electrons. The molecule has 2 aromatic heterocycles. The summed E-state index contributed by atoms with van der Waals surface area (Å²) in [5.74, 6) is -0.0210. The second-order valence-electron chi connectivity index (χ2n) is 4.22. The Bertz CT molecular complexity index is 754. The van der Waals surface area contributed by atoms with E-state index in [-0.39, 0.29) is 18.9 Å². The number of primary sulfonamides is 1. The summed E-state index contributed by atoms with van der Waals surface area (Å²) in [5.41, 5.74) is 0.905. The highest BCUT2D eigenvalue weighted by Crippen LogP contribution is 2.26. The number of hydrogen-bond acceptors (Lipinski definition) is 6. The third-order valence-corrected chi connectivity index (χ3v) is 4.26. The molecule has 3 rings (SSSR count). The van der Waals surface area contributed by atoms with E-state index >= 15 is 0 Å². The predicted molar refractivity (Wildman–Crippen MR) is 65.5 cm³/mol. The Morgan fingerprint density at radius 2 is 2.16 bits per heavy atom. The van der Waals surface area contributed by atoms with Gasteiger partial charge < -0.3 is 4.98 Å². The van der Waals surface area contributed by atoms with E-state index in [0.29, 0.717) is 17.0 Å². The van der Waals surface area contributed by atoms with Crippen LogP contribution >= 0.6 is 0 Å². The summed E-state index contributed by atoms with van der Waals surface area (Å²) in [6.07, 6.45) is 2.56. The molecule has 9 nitrogen and oxygen atoms in total. The largest absolute Gasteiger partial charge is 0.340 e. The number of nitrogens with zero attached hydrogens (tertiary/aromatic N) is 4. The van der Waals surface area contributed by atoms with E-state index in [0.717, 1.165) is 0 Å². The van der Waals surface area contributed by atoms with Crippen molar-refractivity contribution in [1.29, 1.82) is 0 Å². The molecule has 10 heteroatoms. The third kappa shape index (κ3) is 1.94. The first-order valence-electron chi connectivity index (χ1n) is 5.43. The Labute approximate surface area is 107 Å². The number of H-pyrrole nitrogens is 1. The molecule has 0 aromatic carbocycles. The molecule has 1 atom stereocenters. The van der Waals surface area contributed by atoms with Gasteiger partial charge >= 0.3 is 0 Å². The number of imidazole rings is 1. The number of aromatic amines is 1. The summed E-state index contributed by atoms with van der Waals surface area (Å²) < 4.78 is 22.6. The smallest absolute Gasteiger partial charge is 0.229 e. The highest BCUT2D eigenvalue weighted by atomic mass is 32.2. The molecular formula is C9H10N6O3S. The Balaban J connectivity index is 2.04. The second kappa shape index (κ2) is 3.96. The van der Waals surface area contributed by atoms with E-state index in [1.807, 2.05) is 0 Å². The van der Waals surface area contributed by atoms with E-state index in [1.54, 1.807) is 0 Å². The molecule has 0 saturated carbocycles. The Kier molecular flexibility index (Phi) is 2.50. The number of nitrogens with two attached hydrogens (primary N) is 1. The van der Waals surface area contributed by atoms with Crippen LogP contribution in [0.5, 0.6) is 0 Å². The number of sulfonamides is 1. The number of anilines is 1. The van der Waals surface area contributed by atoms with Gasteiger partial charge in [-0.3, -0.25) is 9.69 Å². The zero-order valence-electron chi connectivity index (χ0n) is 9.65. The van der Waals surface area contributed by atoms with E-state index in [9.17, 15) is 13.2 Å². The summed E-state index contributed by atoms with van der Waals surface area (Å²) in [6.45, 7) is -0.0111. The molecule has 3 heterocycles. The van der Waals surface area contributed by atoms with E-state index in [4.69, 9.17) is 5.14 Å². The lowest BCUT2D eigenvalue weighted by Crippen LogP contribution is -2.32. The highest BCUT2D eigenvalue weighted by Gasteiger charge is 2.38. The zero-order valence-corrected chi connectivity index (χ0v) is 10.5. The van der Waals surface area contributed by atoms with Crippen molar-refractivity contribution in [2.45, 2.75) is 11.7 Å². The molecule has 0 bridgehead atoms. The summed E-state index contributed by atoms with van der Waals surface area (Å²) in [4.78, 5) is 27.9. The first-order valence-corrected chi connectivity index (χ1v) is 7.04. The fraction of sp³-hybridized carbons (Fsp3) is 0.333. The van der Waals surface area contributed by atoms with Gasteiger partial charge in [0.15, 0.2) is 11.5 Å². The van der Waals surface area contributed by atoms with E-state index in [2.05, 4.69) is 19.9 Å². The molecule has 1 fully saturated rings. The standard InChI is InChI=1S/C9H10N6O3S/c10-19(17,18)5-1-6(16)15(2-5)9-7-8(12-3-11-7)13-4-14-9/h3-5H,1-2H2,(H2,10,17,18)(H,11,12,13,14). The lowest BCUT2D eigenvalue weighted by atomic mass is 10.4. The monoisotopic (exact) mass is 282 g/mol. The number of nitrogens with one attached hydrogen (secondary N) is 1. The lowest BCUT2D eigenvalue weighted by Gasteiger charge is -2.15. The number of rotatable bonds is 2.